The lowest BCUT2D eigenvalue weighted by atomic mass is 9.76. The number of fused-ring (bicyclic) bond motifs is 2. The van der Waals surface area contributed by atoms with Crippen LogP contribution in [0.2, 0.25) is 0 Å². The maximum absolute atomic E-state index is 5.01. The molecule has 2 aromatic rings. The van der Waals surface area contributed by atoms with Crippen molar-refractivity contribution < 1.29 is 0 Å². The third-order valence-electron chi connectivity index (χ3n) is 6.80. The first-order valence-corrected chi connectivity index (χ1v) is 10.5. The summed E-state index contributed by atoms with van der Waals surface area (Å²) in [5.41, 5.74) is 4.44. The average Bonchev–Trinajstić information content (AvgIpc) is 3.34. The number of hydrogen-bond acceptors (Lipinski definition) is 5. The van der Waals surface area contributed by atoms with Crippen LogP contribution in [0.5, 0.6) is 0 Å². The topological polar surface area (TPSA) is 45.2 Å². The normalized spacial score (nSPS) is 21.7. The van der Waals surface area contributed by atoms with Crippen molar-refractivity contribution in [1.82, 2.24) is 19.9 Å². The molecule has 2 fully saturated rings. The zero-order valence-corrected chi connectivity index (χ0v) is 16.3. The van der Waals surface area contributed by atoms with Crippen LogP contribution in [-0.4, -0.2) is 46.0 Å². The predicted molar refractivity (Wildman–Crippen MR) is 107 cm³/mol. The first-order valence-electron chi connectivity index (χ1n) is 10.5. The first-order chi connectivity index (χ1) is 13.2. The molecule has 5 nitrogen and oxygen atoms in total. The van der Waals surface area contributed by atoms with E-state index in [2.05, 4.69) is 27.8 Å². The molecule has 0 aromatic carbocycles. The monoisotopic (exact) mass is 363 g/mol. The number of aryl methyl sites for hydroxylation is 1. The summed E-state index contributed by atoms with van der Waals surface area (Å²) >= 11 is 0. The Morgan fingerprint density at radius 3 is 2.59 bits per heavy atom. The summed E-state index contributed by atoms with van der Waals surface area (Å²) in [6.45, 7) is 7.71. The Morgan fingerprint density at radius 2 is 1.85 bits per heavy atom. The third kappa shape index (κ3) is 3.12. The van der Waals surface area contributed by atoms with Gasteiger partial charge < -0.3 is 4.90 Å². The van der Waals surface area contributed by atoms with Crippen LogP contribution in [0, 0.1) is 6.92 Å². The van der Waals surface area contributed by atoms with Gasteiger partial charge in [-0.05, 0) is 70.2 Å². The molecular weight excluding hydrogens is 334 g/mol. The van der Waals surface area contributed by atoms with E-state index in [0.29, 0.717) is 0 Å². The van der Waals surface area contributed by atoms with Gasteiger partial charge in [-0.15, -0.1) is 0 Å². The molecule has 5 heteroatoms. The highest BCUT2D eigenvalue weighted by Crippen LogP contribution is 2.47. The van der Waals surface area contributed by atoms with E-state index in [1.807, 2.05) is 18.5 Å². The molecule has 0 N–H and O–H groups in total. The number of rotatable bonds is 3. The average molecular weight is 364 g/mol. The van der Waals surface area contributed by atoms with Crippen LogP contribution in [-0.2, 0) is 18.4 Å². The van der Waals surface area contributed by atoms with E-state index in [9.17, 15) is 0 Å². The summed E-state index contributed by atoms with van der Waals surface area (Å²) in [4.78, 5) is 19.2. The van der Waals surface area contributed by atoms with Crippen LogP contribution >= 0.6 is 0 Å². The summed E-state index contributed by atoms with van der Waals surface area (Å²) in [7, 11) is 0. The summed E-state index contributed by atoms with van der Waals surface area (Å²) in [6, 6.07) is 4.22. The lowest BCUT2D eigenvalue weighted by molar-refractivity contribution is 0.150. The zero-order valence-electron chi connectivity index (χ0n) is 16.3. The summed E-state index contributed by atoms with van der Waals surface area (Å²) in [5, 5.41) is 0. The summed E-state index contributed by atoms with van der Waals surface area (Å²) in [5.74, 6) is 2.21. The lowest BCUT2D eigenvalue weighted by Crippen LogP contribution is -2.41. The van der Waals surface area contributed by atoms with Crippen LogP contribution in [0.25, 0.3) is 0 Å². The number of anilines is 1. The Kier molecular flexibility index (Phi) is 4.35. The van der Waals surface area contributed by atoms with Crippen molar-refractivity contribution in [2.24, 2.45) is 0 Å². The van der Waals surface area contributed by atoms with Gasteiger partial charge in [0.05, 0.1) is 5.69 Å². The molecule has 3 aliphatic rings. The maximum Gasteiger partial charge on any atom is 0.135 e. The molecule has 0 radical (unpaired) electrons. The van der Waals surface area contributed by atoms with Gasteiger partial charge in [-0.25, -0.2) is 9.97 Å². The summed E-state index contributed by atoms with van der Waals surface area (Å²) in [6.07, 6.45) is 11.3. The molecule has 2 aliphatic heterocycles. The quantitative estimate of drug-likeness (QED) is 0.838. The number of pyridine rings is 1. The predicted octanol–water partition coefficient (Wildman–Crippen LogP) is 3.26. The highest BCUT2D eigenvalue weighted by atomic mass is 15.2. The Bertz CT molecular complexity index is 805. The van der Waals surface area contributed by atoms with E-state index in [4.69, 9.17) is 9.97 Å². The van der Waals surface area contributed by atoms with E-state index in [1.54, 1.807) is 0 Å². The van der Waals surface area contributed by atoms with Crippen LogP contribution in [0.4, 0.5) is 5.82 Å². The maximum atomic E-state index is 5.01. The number of aromatic nitrogens is 3. The summed E-state index contributed by atoms with van der Waals surface area (Å²) < 4.78 is 0. The van der Waals surface area contributed by atoms with E-state index in [1.165, 1.54) is 54.7 Å². The Hall–Kier alpha value is -2.01. The van der Waals surface area contributed by atoms with Gasteiger partial charge in [-0.1, -0.05) is 6.07 Å². The Labute approximate surface area is 161 Å². The zero-order chi connectivity index (χ0) is 18.3. The number of nitrogens with zero attached hydrogens (tertiary/aromatic N) is 5. The molecule has 0 atom stereocenters. The van der Waals surface area contributed by atoms with Gasteiger partial charge in [0.15, 0.2) is 0 Å². The molecule has 2 aromatic heterocycles. The molecule has 142 valence electrons. The second-order valence-corrected chi connectivity index (χ2v) is 8.53. The second-order valence-electron chi connectivity index (χ2n) is 8.53. The standard InChI is InChI=1S/C22H29N5/c1-17-24-20-19(21(25-17)27-11-2-3-12-27)6-7-22(20)8-13-26(14-9-22)16-18-5-4-10-23-15-18/h4-5,10,15H,2-3,6-9,11-14,16H2,1H3. The Balaban J connectivity index is 1.36. The number of likely N-dealkylation sites (tertiary alicyclic amines) is 1. The minimum absolute atomic E-state index is 0.281. The molecular formula is C22H29N5. The van der Waals surface area contributed by atoms with Crippen LogP contribution < -0.4 is 4.90 Å². The smallest absolute Gasteiger partial charge is 0.135 e. The molecule has 2 saturated heterocycles. The molecule has 1 aliphatic carbocycles. The molecule has 0 bridgehead atoms. The van der Waals surface area contributed by atoms with Gasteiger partial charge in [0.1, 0.15) is 11.6 Å². The van der Waals surface area contributed by atoms with E-state index >= 15 is 0 Å². The van der Waals surface area contributed by atoms with Gasteiger partial charge in [-0.3, -0.25) is 9.88 Å². The van der Waals surface area contributed by atoms with Crippen molar-refractivity contribution in [3.05, 3.63) is 47.2 Å². The van der Waals surface area contributed by atoms with Crippen molar-refractivity contribution >= 4 is 5.82 Å². The fourth-order valence-electron chi connectivity index (χ4n) is 5.30. The molecule has 27 heavy (non-hydrogen) atoms. The van der Waals surface area contributed by atoms with Crippen LogP contribution in [0.15, 0.2) is 24.5 Å². The molecule has 0 unspecified atom stereocenters. The van der Waals surface area contributed by atoms with Crippen LogP contribution in [0.3, 0.4) is 0 Å². The fourth-order valence-corrected chi connectivity index (χ4v) is 5.30. The largest absolute Gasteiger partial charge is 0.356 e. The first kappa shape index (κ1) is 17.1. The SMILES string of the molecule is Cc1nc(N2CCCC2)c2c(n1)C1(CC2)CCN(Cc2cccnc2)CC1. The van der Waals surface area contributed by atoms with Crippen LogP contribution in [0.1, 0.15) is 54.7 Å². The number of hydrogen-bond donors (Lipinski definition) is 0. The van der Waals surface area contributed by atoms with Gasteiger partial charge in [0.2, 0.25) is 0 Å². The lowest BCUT2D eigenvalue weighted by Gasteiger charge is -2.39. The second kappa shape index (κ2) is 6.86. The van der Waals surface area contributed by atoms with E-state index < -0.39 is 0 Å². The van der Waals surface area contributed by atoms with Crippen molar-refractivity contribution in [3.8, 4) is 0 Å². The highest BCUT2D eigenvalue weighted by molar-refractivity contribution is 5.54. The van der Waals surface area contributed by atoms with E-state index in [-0.39, 0.29) is 5.41 Å². The van der Waals surface area contributed by atoms with Gasteiger partial charge in [0, 0.05) is 43.0 Å². The molecule has 4 heterocycles. The van der Waals surface area contributed by atoms with Crippen molar-refractivity contribution in [1.29, 1.82) is 0 Å². The molecule has 0 saturated carbocycles. The van der Waals surface area contributed by atoms with Gasteiger partial charge in [-0.2, -0.15) is 0 Å². The van der Waals surface area contributed by atoms with E-state index in [0.717, 1.165) is 45.0 Å². The van der Waals surface area contributed by atoms with Gasteiger partial charge >= 0.3 is 0 Å². The minimum atomic E-state index is 0.281. The molecule has 1 spiro atoms. The van der Waals surface area contributed by atoms with Crippen molar-refractivity contribution in [3.63, 3.8) is 0 Å². The Morgan fingerprint density at radius 1 is 1.04 bits per heavy atom. The van der Waals surface area contributed by atoms with Gasteiger partial charge in [0.25, 0.3) is 0 Å². The molecule has 5 rings (SSSR count). The minimum Gasteiger partial charge on any atom is -0.356 e. The van der Waals surface area contributed by atoms with Crippen molar-refractivity contribution in [2.75, 3.05) is 31.1 Å². The molecule has 0 amide bonds. The van der Waals surface area contributed by atoms with Crippen molar-refractivity contribution in [2.45, 2.75) is 57.4 Å². The fraction of sp³-hybridized carbons (Fsp3) is 0.591. The number of piperidine rings is 1. The highest BCUT2D eigenvalue weighted by Gasteiger charge is 2.44. The third-order valence-corrected chi connectivity index (χ3v) is 6.80.